The van der Waals surface area contributed by atoms with Crippen molar-refractivity contribution in [3.8, 4) is 21.6 Å². The molecule has 4 heterocycles. The number of aryl methyl sites for hydroxylation is 1. The first kappa shape index (κ1) is 22.1. The molecule has 174 valence electrons. The van der Waals surface area contributed by atoms with Gasteiger partial charge in [0.05, 0.1) is 4.88 Å². The first-order chi connectivity index (χ1) is 15.7. The van der Waals surface area contributed by atoms with Crippen LogP contribution in [0.5, 0.6) is 0 Å². The van der Waals surface area contributed by atoms with Crippen molar-refractivity contribution >= 4 is 22.4 Å². The number of hydrogen-bond acceptors (Lipinski definition) is 7. The summed E-state index contributed by atoms with van der Waals surface area (Å²) in [5.41, 5.74) is 6.82. The van der Waals surface area contributed by atoms with Crippen molar-refractivity contribution in [2.75, 3.05) is 36.8 Å². The van der Waals surface area contributed by atoms with Gasteiger partial charge < -0.3 is 16.0 Å². The quantitative estimate of drug-likeness (QED) is 0.570. The highest BCUT2D eigenvalue weighted by atomic mass is 32.1. The maximum absolute atomic E-state index is 13.6. The molecule has 0 bridgehead atoms. The minimum Gasteiger partial charge on any atom is -0.368 e. The van der Waals surface area contributed by atoms with Crippen LogP contribution in [-0.4, -0.2) is 41.1 Å². The van der Waals surface area contributed by atoms with E-state index < -0.39 is 17.8 Å². The lowest BCUT2D eigenvalue weighted by Crippen LogP contribution is -2.41. The zero-order valence-corrected chi connectivity index (χ0v) is 19.1. The first-order valence-electron chi connectivity index (χ1n) is 11.0. The zero-order valence-electron chi connectivity index (χ0n) is 18.2. The number of benzene rings is 1. The Bertz CT molecular complexity index is 1160. The van der Waals surface area contributed by atoms with Crippen LogP contribution in [0.2, 0.25) is 0 Å². The number of thiazole rings is 1. The molecular weight excluding hydrogens is 449 g/mol. The van der Waals surface area contributed by atoms with Crippen molar-refractivity contribution in [2.24, 2.45) is 5.41 Å². The van der Waals surface area contributed by atoms with E-state index in [2.05, 4.69) is 25.2 Å². The van der Waals surface area contributed by atoms with E-state index in [0.717, 1.165) is 66.4 Å². The average Bonchev–Trinajstić information content (AvgIpc) is 3.44. The predicted molar refractivity (Wildman–Crippen MR) is 124 cm³/mol. The molecule has 0 atom stereocenters. The highest BCUT2D eigenvalue weighted by Crippen LogP contribution is 2.41. The molecule has 2 fully saturated rings. The van der Waals surface area contributed by atoms with E-state index in [0.29, 0.717) is 11.0 Å². The number of alkyl halides is 3. The van der Waals surface area contributed by atoms with Crippen LogP contribution in [0.15, 0.2) is 30.6 Å². The summed E-state index contributed by atoms with van der Waals surface area (Å²) in [5, 5.41) is 4.44. The van der Waals surface area contributed by atoms with E-state index in [-0.39, 0.29) is 5.56 Å². The molecule has 0 radical (unpaired) electrons. The Morgan fingerprint density at radius 2 is 1.82 bits per heavy atom. The van der Waals surface area contributed by atoms with Gasteiger partial charge in [0, 0.05) is 37.6 Å². The topological polar surface area (TPSA) is 80.0 Å². The molecule has 0 amide bonds. The van der Waals surface area contributed by atoms with Crippen molar-refractivity contribution in [2.45, 2.75) is 32.4 Å². The van der Waals surface area contributed by atoms with Crippen LogP contribution >= 0.6 is 11.3 Å². The Balaban J connectivity index is 1.43. The molecule has 0 unspecified atom stereocenters. The minimum atomic E-state index is -4.63. The molecule has 0 aliphatic carbocycles. The number of rotatable bonds is 3. The van der Waals surface area contributed by atoms with Gasteiger partial charge in [-0.3, -0.25) is 0 Å². The molecule has 1 aromatic carbocycles. The molecule has 10 heteroatoms. The maximum Gasteiger partial charge on any atom is 0.434 e. The summed E-state index contributed by atoms with van der Waals surface area (Å²) in [4.78, 5) is 15.2. The summed E-state index contributed by atoms with van der Waals surface area (Å²) in [6.45, 7) is 6.02. The smallest absolute Gasteiger partial charge is 0.368 e. The van der Waals surface area contributed by atoms with Gasteiger partial charge in [-0.2, -0.15) is 13.2 Å². The molecule has 2 saturated heterocycles. The second-order valence-electron chi connectivity index (χ2n) is 9.00. The zero-order chi connectivity index (χ0) is 23.2. The largest absolute Gasteiger partial charge is 0.434 e. The fraction of sp³-hybridized carbons (Fsp3) is 0.435. The molecule has 2 aliphatic heterocycles. The standard InChI is InChI=1S/C23H25F3N6S/c1-14-8-15(17-11-29-20(27)31-19(17)23(24,25)26)10-16(9-14)18-12-30-21(33-18)32-6-3-22(4-7-32)2-5-28-13-22/h8-12,28H,2-7,13H2,1H3,(H2,27,29,31). The van der Waals surface area contributed by atoms with E-state index >= 15 is 0 Å². The predicted octanol–water partition coefficient (Wildman–Crippen LogP) is 4.76. The lowest BCUT2D eigenvalue weighted by atomic mass is 9.78. The SMILES string of the molecule is Cc1cc(-c2cnc(N3CCC4(CCNC4)CC3)s2)cc(-c2cnc(N)nc2C(F)(F)F)c1. The van der Waals surface area contributed by atoms with Gasteiger partial charge in [0.15, 0.2) is 10.8 Å². The van der Waals surface area contributed by atoms with Crippen LogP contribution in [0.4, 0.5) is 24.3 Å². The van der Waals surface area contributed by atoms with Crippen LogP contribution in [0.25, 0.3) is 21.6 Å². The summed E-state index contributed by atoms with van der Waals surface area (Å²) < 4.78 is 40.8. The highest BCUT2D eigenvalue weighted by molar-refractivity contribution is 7.18. The van der Waals surface area contributed by atoms with Crippen LogP contribution in [0.3, 0.4) is 0 Å². The van der Waals surface area contributed by atoms with Crippen molar-refractivity contribution < 1.29 is 13.2 Å². The summed E-state index contributed by atoms with van der Waals surface area (Å²) in [6, 6.07) is 5.40. The fourth-order valence-electron chi connectivity index (χ4n) is 4.84. The molecule has 2 aromatic heterocycles. The van der Waals surface area contributed by atoms with Gasteiger partial charge in [-0.1, -0.05) is 23.5 Å². The fourth-order valence-corrected chi connectivity index (χ4v) is 5.80. The van der Waals surface area contributed by atoms with Crippen LogP contribution in [-0.2, 0) is 6.18 Å². The third-order valence-electron chi connectivity index (χ3n) is 6.67. The summed E-state index contributed by atoms with van der Waals surface area (Å²) in [6.07, 6.45) is 1.87. The van der Waals surface area contributed by atoms with Gasteiger partial charge in [0.25, 0.3) is 0 Å². The summed E-state index contributed by atoms with van der Waals surface area (Å²) in [7, 11) is 0. The number of nitrogens with two attached hydrogens (primary N) is 1. The third kappa shape index (κ3) is 4.41. The van der Waals surface area contributed by atoms with Crippen LogP contribution in [0, 0.1) is 12.3 Å². The van der Waals surface area contributed by atoms with Gasteiger partial charge in [0.1, 0.15) is 0 Å². The molecule has 1 spiro atoms. The number of hydrogen-bond donors (Lipinski definition) is 2. The number of aromatic nitrogens is 3. The number of nitrogens with one attached hydrogen (secondary N) is 1. The Kier molecular flexibility index (Phi) is 5.52. The molecule has 5 rings (SSSR count). The molecule has 3 N–H and O–H groups in total. The van der Waals surface area contributed by atoms with Crippen molar-refractivity contribution in [1.82, 2.24) is 20.3 Å². The lowest BCUT2D eigenvalue weighted by Gasteiger charge is -2.38. The number of anilines is 2. The first-order valence-corrected chi connectivity index (χ1v) is 11.8. The Labute approximate surface area is 194 Å². The van der Waals surface area contributed by atoms with Crippen molar-refractivity contribution in [3.63, 3.8) is 0 Å². The van der Waals surface area contributed by atoms with Gasteiger partial charge >= 0.3 is 6.18 Å². The van der Waals surface area contributed by atoms with E-state index in [1.54, 1.807) is 23.5 Å². The van der Waals surface area contributed by atoms with E-state index in [1.165, 1.54) is 6.42 Å². The van der Waals surface area contributed by atoms with E-state index in [1.807, 2.05) is 19.2 Å². The van der Waals surface area contributed by atoms with Crippen LogP contribution in [0.1, 0.15) is 30.5 Å². The lowest BCUT2D eigenvalue weighted by molar-refractivity contribution is -0.140. The monoisotopic (exact) mass is 474 g/mol. The minimum absolute atomic E-state index is 0.0853. The number of nitrogen functional groups attached to an aromatic ring is 1. The van der Waals surface area contributed by atoms with Crippen LogP contribution < -0.4 is 16.0 Å². The molecule has 6 nitrogen and oxygen atoms in total. The molecule has 2 aliphatic rings. The average molecular weight is 475 g/mol. The number of halogens is 3. The van der Waals surface area contributed by atoms with E-state index in [4.69, 9.17) is 5.73 Å². The van der Waals surface area contributed by atoms with Crippen molar-refractivity contribution in [3.05, 3.63) is 41.9 Å². The maximum atomic E-state index is 13.6. The van der Waals surface area contributed by atoms with Gasteiger partial charge in [-0.05, 0) is 60.9 Å². The molecule has 33 heavy (non-hydrogen) atoms. The van der Waals surface area contributed by atoms with Gasteiger partial charge in [-0.25, -0.2) is 15.0 Å². The molecule has 0 saturated carbocycles. The Hall–Kier alpha value is -2.72. The summed E-state index contributed by atoms with van der Waals surface area (Å²) >= 11 is 1.57. The summed E-state index contributed by atoms with van der Waals surface area (Å²) in [5.74, 6) is -0.400. The number of nitrogens with zero attached hydrogens (tertiary/aromatic N) is 4. The second-order valence-corrected chi connectivity index (χ2v) is 10.0. The highest BCUT2D eigenvalue weighted by Gasteiger charge is 2.38. The van der Waals surface area contributed by atoms with Gasteiger partial charge in [0.2, 0.25) is 5.95 Å². The Morgan fingerprint density at radius 1 is 1.06 bits per heavy atom. The van der Waals surface area contributed by atoms with Gasteiger partial charge in [-0.15, -0.1) is 0 Å². The molecule has 3 aromatic rings. The molecular formula is C23H25F3N6S. The Morgan fingerprint density at radius 3 is 2.52 bits per heavy atom. The second kappa shape index (κ2) is 8.25. The number of piperidine rings is 1. The third-order valence-corrected chi connectivity index (χ3v) is 7.78. The van der Waals surface area contributed by atoms with Crippen molar-refractivity contribution in [1.29, 1.82) is 0 Å². The normalized spacial score (nSPS) is 18.2. The van der Waals surface area contributed by atoms with E-state index in [9.17, 15) is 13.2 Å².